The molecule has 21 heavy (non-hydrogen) atoms. The van der Waals surface area contributed by atoms with Gasteiger partial charge in [-0.2, -0.15) is 5.11 Å². The molecule has 2 aromatic rings. The van der Waals surface area contributed by atoms with E-state index in [0.717, 1.165) is 5.56 Å². The first-order chi connectivity index (χ1) is 10.1. The van der Waals surface area contributed by atoms with Gasteiger partial charge in [-0.25, -0.2) is 0 Å². The molecular weight excluding hydrogens is 264 g/mol. The van der Waals surface area contributed by atoms with Crippen molar-refractivity contribution in [2.75, 3.05) is 11.1 Å². The number of nitrogens with one attached hydrogen (secondary N) is 1. The number of rotatable bonds is 4. The van der Waals surface area contributed by atoms with Crippen LogP contribution in [0.3, 0.4) is 0 Å². The Labute approximate surface area is 123 Å². The van der Waals surface area contributed by atoms with Crippen LogP contribution in [0.15, 0.2) is 65.3 Å². The summed E-state index contributed by atoms with van der Waals surface area (Å²) in [5.41, 5.74) is 9.16. The van der Waals surface area contributed by atoms with Gasteiger partial charge in [0.25, 0.3) is 0 Å². The van der Waals surface area contributed by atoms with Crippen LogP contribution < -0.4 is 11.1 Å². The maximum atomic E-state index is 11.4. The summed E-state index contributed by atoms with van der Waals surface area (Å²) in [5, 5.41) is 11.0. The number of azo groups is 1. The molecule has 2 rings (SSSR count). The average Bonchev–Trinajstić information content (AvgIpc) is 2.48. The molecule has 2 aromatic carbocycles. The Hall–Kier alpha value is -2.95. The fraction of sp³-hybridized carbons (Fsp3) is 0.0625. The number of benzene rings is 2. The third kappa shape index (κ3) is 4.01. The van der Waals surface area contributed by atoms with Crippen molar-refractivity contribution >= 4 is 28.7 Å². The molecular formula is C16H16N4O. The summed E-state index contributed by atoms with van der Waals surface area (Å²) in [7, 11) is 0. The topological polar surface area (TPSA) is 79.8 Å². The van der Waals surface area contributed by atoms with Crippen molar-refractivity contribution in [3.63, 3.8) is 0 Å². The maximum absolute atomic E-state index is 11.4. The van der Waals surface area contributed by atoms with Crippen LogP contribution in [-0.4, -0.2) is 5.91 Å². The van der Waals surface area contributed by atoms with Crippen molar-refractivity contribution in [2.24, 2.45) is 10.2 Å². The maximum Gasteiger partial charge on any atom is 0.247 e. The van der Waals surface area contributed by atoms with E-state index in [1.807, 2.05) is 19.1 Å². The fourth-order valence-corrected chi connectivity index (χ4v) is 1.67. The van der Waals surface area contributed by atoms with E-state index in [1.54, 1.807) is 30.3 Å². The summed E-state index contributed by atoms with van der Waals surface area (Å²) in [6.45, 7) is 5.37. The Kier molecular flexibility index (Phi) is 4.46. The van der Waals surface area contributed by atoms with E-state index < -0.39 is 0 Å². The zero-order valence-corrected chi connectivity index (χ0v) is 11.7. The van der Waals surface area contributed by atoms with Gasteiger partial charge in [0.2, 0.25) is 5.91 Å². The Bertz CT molecular complexity index is 690. The first-order valence-corrected chi connectivity index (χ1v) is 6.40. The molecule has 0 aliphatic heterocycles. The van der Waals surface area contributed by atoms with E-state index in [4.69, 9.17) is 5.73 Å². The summed E-state index contributed by atoms with van der Waals surface area (Å²) in [6, 6.07) is 12.6. The minimum Gasteiger partial charge on any atom is -0.399 e. The van der Waals surface area contributed by atoms with Crippen LogP contribution in [0.5, 0.6) is 0 Å². The molecule has 5 heteroatoms. The van der Waals surface area contributed by atoms with Gasteiger partial charge in [0.1, 0.15) is 5.69 Å². The number of nitrogens with zero attached hydrogens (tertiary/aromatic N) is 2. The number of carbonyl (C=O) groups excluding carboxylic acids is 1. The largest absolute Gasteiger partial charge is 0.399 e. The number of nitrogen functional groups attached to an aromatic ring is 1. The molecule has 0 fully saturated rings. The van der Waals surface area contributed by atoms with Crippen LogP contribution in [0.4, 0.5) is 22.7 Å². The Morgan fingerprint density at radius 2 is 1.90 bits per heavy atom. The highest BCUT2D eigenvalue weighted by molar-refractivity contribution is 6.00. The number of nitrogens with two attached hydrogens (primary N) is 1. The fourth-order valence-electron chi connectivity index (χ4n) is 1.67. The molecule has 0 radical (unpaired) electrons. The summed E-state index contributed by atoms with van der Waals surface area (Å²) in [6.07, 6.45) is 1.21. The smallest absolute Gasteiger partial charge is 0.247 e. The van der Waals surface area contributed by atoms with Crippen LogP contribution >= 0.6 is 0 Å². The number of amides is 1. The molecule has 0 bridgehead atoms. The van der Waals surface area contributed by atoms with E-state index in [2.05, 4.69) is 22.1 Å². The van der Waals surface area contributed by atoms with Gasteiger partial charge < -0.3 is 11.1 Å². The van der Waals surface area contributed by atoms with Gasteiger partial charge in [-0.3, -0.25) is 4.79 Å². The Morgan fingerprint density at radius 1 is 1.19 bits per heavy atom. The molecule has 0 saturated carbocycles. The van der Waals surface area contributed by atoms with E-state index in [-0.39, 0.29) is 5.91 Å². The molecule has 0 aliphatic carbocycles. The second-order valence-corrected chi connectivity index (χ2v) is 4.51. The zero-order chi connectivity index (χ0) is 15.2. The minimum atomic E-state index is -0.287. The number of aryl methyl sites for hydroxylation is 1. The highest BCUT2D eigenvalue weighted by Crippen LogP contribution is 2.28. The minimum absolute atomic E-state index is 0.287. The lowest BCUT2D eigenvalue weighted by molar-refractivity contribution is -0.111. The molecule has 0 spiro atoms. The second-order valence-electron chi connectivity index (χ2n) is 4.51. The summed E-state index contributed by atoms with van der Waals surface area (Å²) in [4.78, 5) is 11.4. The van der Waals surface area contributed by atoms with Crippen molar-refractivity contribution in [2.45, 2.75) is 6.92 Å². The molecule has 0 atom stereocenters. The second kappa shape index (κ2) is 6.47. The number of carbonyl (C=O) groups is 1. The Morgan fingerprint density at radius 3 is 2.57 bits per heavy atom. The van der Waals surface area contributed by atoms with Crippen molar-refractivity contribution in [3.05, 3.63) is 60.7 Å². The number of anilines is 2. The van der Waals surface area contributed by atoms with Crippen LogP contribution in [0.25, 0.3) is 0 Å². The normalized spacial score (nSPS) is 10.5. The van der Waals surface area contributed by atoms with Gasteiger partial charge in [0, 0.05) is 5.69 Å². The van der Waals surface area contributed by atoms with Crippen molar-refractivity contribution in [1.29, 1.82) is 0 Å². The average molecular weight is 280 g/mol. The number of hydrogen-bond donors (Lipinski definition) is 2. The molecule has 3 N–H and O–H groups in total. The van der Waals surface area contributed by atoms with Crippen LogP contribution in [0, 0.1) is 6.92 Å². The van der Waals surface area contributed by atoms with E-state index in [9.17, 15) is 4.79 Å². The lowest BCUT2D eigenvalue weighted by Crippen LogP contribution is -2.07. The third-order valence-corrected chi connectivity index (χ3v) is 2.76. The Balaban J connectivity index is 2.28. The van der Waals surface area contributed by atoms with Crippen LogP contribution in [0.2, 0.25) is 0 Å². The third-order valence-electron chi connectivity index (χ3n) is 2.76. The van der Waals surface area contributed by atoms with Crippen molar-refractivity contribution < 1.29 is 4.79 Å². The van der Waals surface area contributed by atoms with Gasteiger partial charge in [-0.05, 0) is 55.0 Å². The lowest BCUT2D eigenvalue weighted by atomic mass is 10.2. The number of hydrogen-bond acceptors (Lipinski definition) is 4. The summed E-state index contributed by atoms with van der Waals surface area (Å²) >= 11 is 0. The molecule has 0 saturated heterocycles. The monoisotopic (exact) mass is 280 g/mol. The van der Waals surface area contributed by atoms with Crippen LogP contribution in [-0.2, 0) is 4.79 Å². The molecule has 5 nitrogen and oxygen atoms in total. The van der Waals surface area contributed by atoms with Gasteiger partial charge in [-0.15, -0.1) is 5.11 Å². The molecule has 0 aromatic heterocycles. The van der Waals surface area contributed by atoms with Gasteiger partial charge in [0.15, 0.2) is 0 Å². The standard InChI is InChI=1S/C16H16N4O/c1-3-16(21)18-15-10-11(2)4-9-14(15)20-19-13-7-5-12(17)6-8-13/h3-10H,1,17H2,2H3,(H,18,21). The molecule has 0 aliphatic rings. The van der Waals surface area contributed by atoms with Gasteiger partial charge in [-0.1, -0.05) is 12.6 Å². The highest BCUT2D eigenvalue weighted by Gasteiger charge is 2.04. The summed E-state index contributed by atoms with van der Waals surface area (Å²) in [5.74, 6) is -0.287. The predicted octanol–water partition coefficient (Wildman–Crippen LogP) is 4.12. The van der Waals surface area contributed by atoms with Crippen molar-refractivity contribution in [1.82, 2.24) is 0 Å². The molecule has 0 unspecified atom stereocenters. The van der Waals surface area contributed by atoms with Gasteiger partial charge in [0.05, 0.1) is 11.4 Å². The molecule has 106 valence electrons. The summed E-state index contributed by atoms with van der Waals surface area (Å²) < 4.78 is 0. The van der Waals surface area contributed by atoms with E-state index >= 15 is 0 Å². The first kappa shape index (κ1) is 14.5. The SMILES string of the molecule is C=CC(=O)Nc1cc(C)ccc1N=Nc1ccc(N)cc1. The quantitative estimate of drug-likeness (QED) is 0.502. The van der Waals surface area contributed by atoms with Crippen molar-refractivity contribution in [3.8, 4) is 0 Å². The highest BCUT2D eigenvalue weighted by atomic mass is 16.1. The van der Waals surface area contributed by atoms with Gasteiger partial charge >= 0.3 is 0 Å². The van der Waals surface area contributed by atoms with E-state index in [1.165, 1.54) is 6.08 Å². The zero-order valence-electron chi connectivity index (χ0n) is 11.7. The predicted molar refractivity (Wildman–Crippen MR) is 85.0 cm³/mol. The van der Waals surface area contributed by atoms with E-state index in [0.29, 0.717) is 22.7 Å². The molecule has 1 amide bonds. The van der Waals surface area contributed by atoms with Crippen LogP contribution in [0.1, 0.15) is 5.56 Å². The first-order valence-electron chi connectivity index (χ1n) is 6.40. The molecule has 0 heterocycles. The lowest BCUT2D eigenvalue weighted by Gasteiger charge is -2.06.